The number of nitrogens with one attached hydrogen (secondary N) is 1. The van der Waals surface area contributed by atoms with Crippen molar-refractivity contribution in [3.05, 3.63) is 29.8 Å². The number of methoxy groups -OCH3 is 2. The first-order chi connectivity index (χ1) is 8.21. The van der Waals surface area contributed by atoms with Crippen LogP contribution in [0.3, 0.4) is 0 Å². The van der Waals surface area contributed by atoms with Crippen LogP contribution in [0, 0.1) is 0 Å². The monoisotopic (exact) mass is 236 g/mol. The summed E-state index contributed by atoms with van der Waals surface area (Å²) in [6.45, 7) is 1.96. The molecule has 92 valence electrons. The van der Waals surface area contributed by atoms with Gasteiger partial charge in [-0.05, 0) is 36.2 Å². The molecule has 0 aliphatic rings. The van der Waals surface area contributed by atoms with Crippen LogP contribution in [0.1, 0.15) is 18.9 Å². The molecule has 1 amide bonds. The van der Waals surface area contributed by atoms with Crippen molar-refractivity contribution >= 4 is 11.8 Å². The molecule has 0 heterocycles. The Balaban J connectivity index is 2.81. The molecule has 0 radical (unpaired) electrons. The second-order valence-corrected chi connectivity index (χ2v) is 3.24. The highest BCUT2D eigenvalue weighted by Crippen LogP contribution is 2.12. The van der Waals surface area contributed by atoms with Gasteiger partial charge in [0.2, 0.25) is 0 Å². The summed E-state index contributed by atoms with van der Waals surface area (Å²) in [6.07, 6.45) is 0.125. The summed E-state index contributed by atoms with van der Waals surface area (Å²) in [7, 11) is 2.91. The average Bonchev–Trinajstić information content (AvgIpc) is 2.39. The third-order valence-electron chi connectivity index (χ3n) is 2.23. The summed E-state index contributed by atoms with van der Waals surface area (Å²) in [6, 6.07) is 7.47. The molecule has 5 nitrogen and oxygen atoms in total. The maximum atomic E-state index is 10.9. The molecule has 1 aromatic rings. The van der Waals surface area contributed by atoms with Crippen LogP contribution in [-0.2, 0) is 4.74 Å². The van der Waals surface area contributed by atoms with Gasteiger partial charge in [-0.1, -0.05) is 6.92 Å². The second-order valence-electron chi connectivity index (χ2n) is 3.24. The van der Waals surface area contributed by atoms with E-state index in [0.717, 1.165) is 17.0 Å². The van der Waals surface area contributed by atoms with E-state index in [1.165, 1.54) is 7.11 Å². The first-order valence-corrected chi connectivity index (χ1v) is 5.26. The van der Waals surface area contributed by atoms with Crippen LogP contribution >= 0.6 is 0 Å². The number of carbonyl (C=O) groups is 1. The molecular formula is C12H16N2O3. The van der Waals surface area contributed by atoms with Crippen molar-refractivity contribution in [1.29, 1.82) is 0 Å². The van der Waals surface area contributed by atoms with Gasteiger partial charge in [-0.25, -0.2) is 10.2 Å². The molecule has 0 aromatic heterocycles. The Labute approximate surface area is 100 Å². The molecule has 1 rings (SSSR count). The molecule has 0 saturated heterocycles. The van der Waals surface area contributed by atoms with E-state index in [0.29, 0.717) is 6.42 Å². The van der Waals surface area contributed by atoms with Crippen molar-refractivity contribution in [3.63, 3.8) is 0 Å². The lowest BCUT2D eigenvalue weighted by Gasteiger charge is -2.05. The van der Waals surface area contributed by atoms with Crippen LogP contribution in [0.25, 0.3) is 0 Å². The Morgan fingerprint density at radius 3 is 2.41 bits per heavy atom. The van der Waals surface area contributed by atoms with Crippen molar-refractivity contribution in [3.8, 4) is 5.75 Å². The fourth-order valence-corrected chi connectivity index (χ4v) is 1.29. The third kappa shape index (κ3) is 3.79. The van der Waals surface area contributed by atoms with Gasteiger partial charge in [0, 0.05) is 0 Å². The minimum atomic E-state index is -0.579. The van der Waals surface area contributed by atoms with E-state index in [2.05, 4.69) is 15.3 Å². The van der Waals surface area contributed by atoms with E-state index in [-0.39, 0.29) is 0 Å². The Morgan fingerprint density at radius 1 is 1.29 bits per heavy atom. The molecule has 0 bridgehead atoms. The summed E-state index contributed by atoms with van der Waals surface area (Å²) in [5.41, 5.74) is 4.02. The van der Waals surface area contributed by atoms with Crippen molar-refractivity contribution in [2.24, 2.45) is 5.10 Å². The molecule has 0 saturated carbocycles. The SMILES string of the molecule is CC/C(=N\NC(=O)OC)c1ccc(OC)cc1. The van der Waals surface area contributed by atoms with Gasteiger partial charge in [-0.2, -0.15) is 5.10 Å². The number of ether oxygens (including phenoxy) is 2. The molecule has 5 heteroatoms. The molecule has 0 spiro atoms. The predicted octanol–water partition coefficient (Wildman–Crippen LogP) is 2.17. The summed E-state index contributed by atoms with van der Waals surface area (Å²) < 4.78 is 9.51. The molecular weight excluding hydrogens is 220 g/mol. The molecule has 1 N–H and O–H groups in total. The van der Waals surface area contributed by atoms with Crippen LogP contribution in [0.15, 0.2) is 29.4 Å². The molecule has 17 heavy (non-hydrogen) atoms. The zero-order valence-electron chi connectivity index (χ0n) is 10.2. The number of hydrogen-bond donors (Lipinski definition) is 1. The number of nitrogens with zero attached hydrogens (tertiary/aromatic N) is 1. The fraction of sp³-hybridized carbons (Fsp3) is 0.333. The molecule has 0 atom stereocenters. The lowest BCUT2D eigenvalue weighted by Crippen LogP contribution is -2.19. The third-order valence-corrected chi connectivity index (χ3v) is 2.23. The number of benzene rings is 1. The van der Waals surface area contributed by atoms with E-state index in [9.17, 15) is 4.79 Å². The number of hydrogen-bond acceptors (Lipinski definition) is 4. The van der Waals surface area contributed by atoms with Gasteiger partial charge in [0.15, 0.2) is 0 Å². The smallest absolute Gasteiger partial charge is 0.427 e. The van der Waals surface area contributed by atoms with Gasteiger partial charge >= 0.3 is 6.09 Å². The van der Waals surface area contributed by atoms with E-state index in [1.807, 2.05) is 31.2 Å². The Bertz CT molecular complexity index is 399. The minimum absolute atomic E-state index is 0.579. The summed E-state index contributed by atoms with van der Waals surface area (Å²) in [4.78, 5) is 10.9. The van der Waals surface area contributed by atoms with Crippen molar-refractivity contribution < 1.29 is 14.3 Å². The van der Waals surface area contributed by atoms with Gasteiger partial charge in [0.05, 0.1) is 19.9 Å². The van der Waals surface area contributed by atoms with Crippen LogP contribution in [0.4, 0.5) is 4.79 Å². The van der Waals surface area contributed by atoms with E-state index >= 15 is 0 Å². The summed E-state index contributed by atoms with van der Waals surface area (Å²) in [5.74, 6) is 0.783. The minimum Gasteiger partial charge on any atom is -0.497 e. The van der Waals surface area contributed by atoms with Crippen LogP contribution in [0.2, 0.25) is 0 Å². The number of hydrazone groups is 1. The highest BCUT2D eigenvalue weighted by molar-refractivity contribution is 6.00. The second kappa shape index (κ2) is 6.52. The number of amides is 1. The van der Waals surface area contributed by atoms with Crippen LogP contribution < -0.4 is 10.2 Å². The van der Waals surface area contributed by atoms with Gasteiger partial charge in [-0.15, -0.1) is 0 Å². The van der Waals surface area contributed by atoms with Crippen molar-refractivity contribution in [1.82, 2.24) is 5.43 Å². The normalized spacial score (nSPS) is 10.9. The Morgan fingerprint density at radius 2 is 1.94 bits per heavy atom. The highest BCUT2D eigenvalue weighted by Gasteiger charge is 2.03. The number of rotatable bonds is 4. The first-order valence-electron chi connectivity index (χ1n) is 5.26. The summed E-state index contributed by atoms with van der Waals surface area (Å²) in [5, 5.41) is 3.99. The average molecular weight is 236 g/mol. The maximum absolute atomic E-state index is 10.9. The quantitative estimate of drug-likeness (QED) is 0.643. The molecule has 0 aliphatic carbocycles. The first kappa shape index (κ1) is 13.0. The zero-order chi connectivity index (χ0) is 12.7. The fourth-order valence-electron chi connectivity index (χ4n) is 1.29. The molecule has 0 aliphatic heterocycles. The Hall–Kier alpha value is -2.04. The molecule has 0 fully saturated rings. The van der Waals surface area contributed by atoms with Crippen molar-refractivity contribution in [2.45, 2.75) is 13.3 Å². The van der Waals surface area contributed by atoms with E-state index < -0.39 is 6.09 Å². The van der Waals surface area contributed by atoms with Gasteiger partial charge < -0.3 is 9.47 Å². The predicted molar refractivity (Wildman–Crippen MR) is 65.4 cm³/mol. The van der Waals surface area contributed by atoms with E-state index in [4.69, 9.17) is 4.74 Å². The standard InChI is InChI=1S/C12H16N2O3/c1-4-11(13-14-12(15)17-3)9-5-7-10(16-2)8-6-9/h5-8H,4H2,1-3H3,(H,14,15)/b13-11+. The van der Waals surface area contributed by atoms with Crippen LogP contribution in [-0.4, -0.2) is 26.0 Å². The largest absolute Gasteiger partial charge is 0.497 e. The van der Waals surface area contributed by atoms with Gasteiger partial charge in [-0.3, -0.25) is 0 Å². The molecule has 1 aromatic carbocycles. The molecule has 0 unspecified atom stereocenters. The van der Waals surface area contributed by atoms with Gasteiger partial charge in [0.1, 0.15) is 5.75 Å². The number of carbonyl (C=O) groups excluding carboxylic acids is 1. The van der Waals surface area contributed by atoms with Gasteiger partial charge in [0.25, 0.3) is 0 Å². The van der Waals surface area contributed by atoms with Crippen molar-refractivity contribution in [2.75, 3.05) is 14.2 Å². The topological polar surface area (TPSA) is 59.9 Å². The zero-order valence-corrected chi connectivity index (χ0v) is 10.2. The van der Waals surface area contributed by atoms with Crippen LogP contribution in [0.5, 0.6) is 5.75 Å². The summed E-state index contributed by atoms with van der Waals surface area (Å²) >= 11 is 0. The lowest BCUT2D eigenvalue weighted by molar-refractivity contribution is 0.171. The van der Waals surface area contributed by atoms with E-state index in [1.54, 1.807) is 7.11 Å². The maximum Gasteiger partial charge on any atom is 0.427 e. The highest BCUT2D eigenvalue weighted by atomic mass is 16.5. The lowest BCUT2D eigenvalue weighted by atomic mass is 10.1. The Kier molecular flexibility index (Phi) is 5.00.